The largest absolute Gasteiger partial charge is 0.361 e. The molecule has 0 saturated heterocycles. The molecule has 3 aromatic carbocycles. The van der Waals surface area contributed by atoms with Crippen molar-refractivity contribution in [2.45, 2.75) is 52.5 Å². The average Bonchev–Trinajstić information content (AvgIpc) is 3.33. The number of H-pyrrole nitrogens is 1. The zero-order chi connectivity index (χ0) is 28.0. The normalized spacial score (nSPS) is 11.5. The Morgan fingerprint density at radius 2 is 1.56 bits per heavy atom. The third-order valence-electron chi connectivity index (χ3n) is 7.08. The van der Waals surface area contributed by atoms with Gasteiger partial charge in [0.1, 0.15) is 6.54 Å². The summed E-state index contributed by atoms with van der Waals surface area (Å²) in [5, 5.41) is 1.56. The average molecular weight is 544 g/mol. The molecule has 2 amide bonds. The van der Waals surface area contributed by atoms with Crippen LogP contribution >= 0.6 is 11.6 Å². The Morgan fingerprint density at radius 1 is 0.872 bits per heavy atom. The Morgan fingerprint density at radius 3 is 2.26 bits per heavy atom. The van der Waals surface area contributed by atoms with Crippen molar-refractivity contribution in [1.29, 1.82) is 0 Å². The van der Waals surface area contributed by atoms with Gasteiger partial charge in [-0.05, 0) is 53.1 Å². The van der Waals surface area contributed by atoms with Crippen LogP contribution in [0.25, 0.3) is 10.9 Å². The summed E-state index contributed by atoms with van der Waals surface area (Å²) < 4.78 is 0. The minimum atomic E-state index is -0.220. The van der Waals surface area contributed by atoms with Crippen molar-refractivity contribution >= 4 is 34.3 Å². The molecular formula is C33H38ClN3O2. The van der Waals surface area contributed by atoms with E-state index in [1.54, 1.807) is 29.2 Å². The third kappa shape index (κ3) is 7.10. The van der Waals surface area contributed by atoms with Gasteiger partial charge in [-0.2, -0.15) is 0 Å². The SMILES string of the molecule is CCCN(CC(=O)N(CCc1c[nH]c2ccccc12)Cc1ccc(C(C)(C)C)cc1)C(=O)c1ccccc1Cl. The summed E-state index contributed by atoms with van der Waals surface area (Å²) in [5.74, 6) is -0.300. The van der Waals surface area contributed by atoms with E-state index in [9.17, 15) is 9.59 Å². The molecule has 0 saturated carbocycles. The Balaban J connectivity index is 1.56. The first-order chi connectivity index (χ1) is 18.7. The highest BCUT2D eigenvalue weighted by Gasteiger charge is 2.24. The van der Waals surface area contributed by atoms with Gasteiger partial charge in [-0.3, -0.25) is 9.59 Å². The van der Waals surface area contributed by atoms with E-state index in [-0.39, 0.29) is 23.8 Å². The van der Waals surface area contributed by atoms with Crippen LogP contribution in [0.4, 0.5) is 0 Å². The van der Waals surface area contributed by atoms with E-state index in [0.717, 1.165) is 17.5 Å². The number of benzene rings is 3. The Labute approximate surface area is 236 Å². The second-order valence-corrected chi connectivity index (χ2v) is 11.5. The summed E-state index contributed by atoms with van der Waals surface area (Å²) in [6.07, 6.45) is 3.48. The van der Waals surface area contributed by atoms with Crippen LogP contribution in [0.5, 0.6) is 0 Å². The van der Waals surface area contributed by atoms with Crippen molar-refractivity contribution in [3.8, 4) is 0 Å². The number of halogens is 1. The fraction of sp³-hybridized carbons (Fsp3) is 0.333. The van der Waals surface area contributed by atoms with E-state index in [2.05, 4.69) is 62.2 Å². The predicted molar refractivity (Wildman–Crippen MR) is 160 cm³/mol. The molecule has 6 heteroatoms. The van der Waals surface area contributed by atoms with Crippen LogP contribution in [-0.4, -0.2) is 46.2 Å². The second-order valence-electron chi connectivity index (χ2n) is 11.1. The van der Waals surface area contributed by atoms with Crippen LogP contribution in [-0.2, 0) is 23.2 Å². The third-order valence-corrected chi connectivity index (χ3v) is 7.41. The van der Waals surface area contributed by atoms with Crippen LogP contribution in [0, 0.1) is 0 Å². The van der Waals surface area contributed by atoms with Crippen LogP contribution in [0.2, 0.25) is 5.02 Å². The summed E-state index contributed by atoms with van der Waals surface area (Å²) in [6, 6.07) is 23.7. The van der Waals surface area contributed by atoms with Gasteiger partial charge >= 0.3 is 0 Å². The smallest absolute Gasteiger partial charge is 0.255 e. The standard InChI is InChI=1S/C33H38ClN3O2/c1-5-19-37(32(39)28-11-6-8-12-29(28)34)23-31(38)36(22-24-14-16-26(17-15-24)33(2,3)4)20-18-25-21-35-30-13-9-7-10-27(25)30/h6-17,21,35H,5,18-20,22-23H2,1-4H3. The summed E-state index contributed by atoms with van der Waals surface area (Å²) >= 11 is 6.32. The van der Waals surface area contributed by atoms with E-state index in [1.165, 1.54) is 16.5 Å². The molecule has 0 aliphatic rings. The van der Waals surface area contributed by atoms with Crippen molar-refractivity contribution in [1.82, 2.24) is 14.8 Å². The number of amides is 2. The van der Waals surface area contributed by atoms with Crippen molar-refractivity contribution in [3.05, 3.63) is 106 Å². The lowest BCUT2D eigenvalue weighted by molar-refractivity contribution is -0.132. The molecule has 1 N–H and O–H groups in total. The van der Waals surface area contributed by atoms with E-state index in [0.29, 0.717) is 36.6 Å². The molecule has 1 aromatic heterocycles. The molecule has 0 bridgehead atoms. The quantitative estimate of drug-likeness (QED) is 0.229. The topological polar surface area (TPSA) is 56.4 Å². The van der Waals surface area contributed by atoms with Gasteiger partial charge in [0.2, 0.25) is 5.91 Å². The number of carbonyl (C=O) groups excluding carboxylic acids is 2. The maximum Gasteiger partial charge on any atom is 0.255 e. The van der Waals surface area contributed by atoms with E-state index >= 15 is 0 Å². The van der Waals surface area contributed by atoms with Gasteiger partial charge in [-0.1, -0.05) is 93.9 Å². The van der Waals surface area contributed by atoms with Crippen molar-refractivity contribution in [3.63, 3.8) is 0 Å². The summed E-state index contributed by atoms with van der Waals surface area (Å²) in [4.78, 5) is 34.0. The van der Waals surface area contributed by atoms with Gasteiger partial charge < -0.3 is 14.8 Å². The van der Waals surface area contributed by atoms with Crippen LogP contribution in [0.3, 0.4) is 0 Å². The number of para-hydroxylation sites is 1. The van der Waals surface area contributed by atoms with Crippen LogP contribution in [0.1, 0.15) is 61.2 Å². The first-order valence-corrected chi connectivity index (χ1v) is 14.0. The minimum absolute atomic E-state index is 0.00581. The van der Waals surface area contributed by atoms with Crippen molar-refractivity contribution in [2.75, 3.05) is 19.6 Å². The number of aromatic nitrogens is 1. The molecular weight excluding hydrogens is 506 g/mol. The predicted octanol–water partition coefficient (Wildman–Crippen LogP) is 7.24. The fourth-order valence-corrected chi connectivity index (χ4v) is 5.02. The zero-order valence-electron chi connectivity index (χ0n) is 23.3. The molecule has 0 aliphatic heterocycles. The van der Waals surface area contributed by atoms with Crippen molar-refractivity contribution in [2.24, 2.45) is 0 Å². The van der Waals surface area contributed by atoms with Crippen molar-refractivity contribution < 1.29 is 9.59 Å². The van der Waals surface area contributed by atoms with E-state index < -0.39 is 0 Å². The number of hydrogen-bond acceptors (Lipinski definition) is 2. The highest BCUT2D eigenvalue weighted by atomic mass is 35.5. The van der Waals surface area contributed by atoms with E-state index in [4.69, 9.17) is 11.6 Å². The molecule has 0 aliphatic carbocycles. The lowest BCUT2D eigenvalue weighted by Gasteiger charge is -2.28. The van der Waals surface area contributed by atoms with Gasteiger partial charge in [0.05, 0.1) is 10.6 Å². The van der Waals surface area contributed by atoms with Gasteiger partial charge in [-0.25, -0.2) is 0 Å². The molecule has 0 atom stereocenters. The number of hydrogen-bond donors (Lipinski definition) is 1. The number of nitrogens with zero attached hydrogens (tertiary/aromatic N) is 2. The lowest BCUT2D eigenvalue weighted by atomic mass is 9.87. The molecule has 4 aromatic rings. The Hall–Kier alpha value is -3.57. The number of carbonyl (C=O) groups is 2. The molecule has 4 rings (SSSR count). The minimum Gasteiger partial charge on any atom is -0.361 e. The monoisotopic (exact) mass is 543 g/mol. The van der Waals surface area contributed by atoms with Gasteiger partial charge in [0, 0.05) is 36.7 Å². The van der Waals surface area contributed by atoms with E-state index in [1.807, 2.05) is 30.2 Å². The summed E-state index contributed by atoms with van der Waals surface area (Å²) in [5.41, 5.74) is 5.05. The highest BCUT2D eigenvalue weighted by molar-refractivity contribution is 6.33. The first kappa shape index (κ1) is 28.4. The molecule has 0 unspecified atom stereocenters. The van der Waals surface area contributed by atoms with Crippen LogP contribution < -0.4 is 0 Å². The van der Waals surface area contributed by atoms with Gasteiger partial charge in [0.15, 0.2) is 0 Å². The van der Waals surface area contributed by atoms with Gasteiger partial charge in [0.25, 0.3) is 5.91 Å². The molecule has 204 valence electrons. The fourth-order valence-electron chi connectivity index (χ4n) is 4.81. The first-order valence-electron chi connectivity index (χ1n) is 13.6. The zero-order valence-corrected chi connectivity index (χ0v) is 24.1. The summed E-state index contributed by atoms with van der Waals surface area (Å²) in [7, 11) is 0. The van der Waals surface area contributed by atoms with Gasteiger partial charge in [-0.15, -0.1) is 0 Å². The molecule has 0 fully saturated rings. The number of rotatable bonds is 10. The number of fused-ring (bicyclic) bond motifs is 1. The Bertz CT molecular complexity index is 1420. The molecule has 39 heavy (non-hydrogen) atoms. The maximum atomic E-state index is 13.8. The number of aromatic amines is 1. The maximum absolute atomic E-state index is 13.8. The summed E-state index contributed by atoms with van der Waals surface area (Å²) in [6.45, 7) is 10.1. The molecule has 0 spiro atoms. The Kier molecular flexibility index (Phi) is 9.13. The second kappa shape index (κ2) is 12.5. The van der Waals surface area contributed by atoms with Crippen LogP contribution in [0.15, 0.2) is 79.0 Å². The highest BCUT2D eigenvalue weighted by Crippen LogP contribution is 2.24. The molecule has 5 nitrogen and oxygen atoms in total. The molecule has 1 heterocycles. The lowest BCUT2D eigenvalue weighted by Crippen LogP contribution is -2.43. The molecule has 0 radical (unpaired) electrons. The number of nitrogens with one attached hydrogen (secondary N) is 1.